The van der Waals surface area contributed by atoms with Gasteiger partial charge in [0.1, 0.15) is 6.17 Å². The molecule has 1 aromatic rings. The van der Waals surface area contributed by atoms with Crippen LogP contribution in [0.2, 0.25) is 0 Å². The van der Waals surface area contributed by atoms with Crippen molar-refractivity contribution in [3.63, 3.8) is 0 Å². The summed E-state index contributed by atoms with van der Waals surface area (Å²) in [6.07, 6.45) is 3.50. The topological polar surface area (TPSA) is 26.0 Å². The third-order valence-corrected chi connectivity index (χ3v) is 4.19. The van der Waals surface area contributed by atoms with Crippen molar-refractivity contribution in [2.24, 2.45) is 5.73 Å². The minimum absolute atomic E-state index is 0.194. The standard InChI is InChI=1S/C13H17BrFN/c1-9(15)11-5-4-10(8-12(11)14)13(16)6-2-3-7-13/h4-5,8-9H,2-3,6-7,16H2,1H3. The summed E-state index contributed by atoms with van der Waals surface area (Å²) in [4.78, 5) is 0. The quantitative estimate of drug-likeness (QED) is 0.866. The van der Waals surface area contributed by atoms with E-state index in [-0.39, 0.29) is 5.54 Å². The number of alkyl halides is 1. The zero-order chi connectivity index (χ0) is 11.8. The van der Waals surface area contributed by atoms with Crippen LogP contribution in [0, 0.1) is 0 Å². The predicted molar refractivity (Wildman–Crippen MR) is 68.0 cm³/mol. The molecule has 1 aliphatic rings. The molecule has 88 valence electrons. The van der Waals surface area contributed by atoms with Crippen LogP contribution >= 0.6 is 15.9 Å². The first-order valence-electron chi connectivity index (χ1n) is 5.76. The van der Waals surface area contributed by atoms with Crippen molar-refractivity contribution in [2.45, 2.75) is 44.3 Å². The first kappa shape index (κ1) is 12.1. The highest BCUT2D eigenvalue weighted by Crippen LogP contribution is 2.38. The van der Waals surface area contributed by atoms with Crippen LogP contribution in [0.15, 0.2) is 22.7 Å². The summed E-state index contributed by atoms with van der Waals surface area (Å²) in [6.45, 7) is 1.55. The van der Waals surface area contributed by atoms with Crippen molar-refractivity contribution in [3.8, 4) is 0 Å². The van der Waals surface area contributed by atoms with Crippen molar-refractivity contribution in [1.82, 2.24) is 0 Å². The van der Waals surface area contributed by atoms with Crippen LogP contribution < -0.4 is 5.73 Å². The third kappa shape index (κ3) is 2.16. The Morgan fingerprint density at radius 1 is 1.38 bits per heavy atom. The van der Waals surface area contributed by atoms with E-state index in [2.05, 4.69) is 15.9 Å². The molecular weight excluding hydrogens is 269 g/mol. The van der Waals surface area contributed by atoms with Gasteiger partial charge in [0.2, 0.25) is 0 Å². The highest BCUT2D eigenvalue weighted by molar-refractivity contribution is 9.10. The van der Waals surface area contributed by atoms with E-state index in [0.717, 1.165) is 22.9 Å². The molecule has 0 radical (unpaired) electrons. The Morgan fingerprint density at radius 2 is 2.00 bits per heavy atom. The van der Waals surface area contributed by atoms with E-state index >= 15 is 0 Å². The summed E-state index contributed by atoms with van der Waals surface area (Å²) in [5, 5.41) is 0. The molecule has 16 heavy (non-hydrogen) atoms. The zero-order valence-corrected chi connectivity index (χ0v) is 11.1. The molecule has 3 heteroatoms. The van der Waals surface area contributed by atoms with Crippen LogP contribution in [0.5, 0.6) is 0 Å². The largest absolute Gasteiger partial charge is 0.321 e. The lowest BCUT2D eigenvalue weighted by Gasteiger charge is -2.25. The summed E-state index contributed by atoms with van der Waals surface area (Å²) in [7, 11) is 0. The molecule has 2 rings (SSSR count). The highest BCUT2D eigenvalue weighted by atomic mass is 79.9. The normalized spacial score (nSPS) is 21.0. The summed E-state index contributed by atoms with van der Waals surface area (Å²) in [5.74, 6) is 0. The van der Waals surface area contributed by atoms with E-state index in [0.29, 0.717) is 5.56 Å². The van der Waals surface area contributed by atoms with E-state index < -0.39 is 6.17 Å². The van der Waals surface area contributed by atoms with Crippen molar-refractivity contribution < 1.29 is 4.39 Å². The number of benzene rings is 1. The van der Waals surface area contributed by atoms with Gasteiger partial charge < -0.3 is 5.73 Å². The highest BCUT2D eigenvalue weighted by Gasteiger charge is 2.31. The fourth-order valence-corrected chi connectivity index (χ4v) is 3.15. The maximum atomic E-state index is 13.2. The summed E-state index contributed by atoms with van der Waals surface area (Å²) in [5.41, 5.74) is 7.99. The minimum Gasteiger partial charge on any atom is -0.321 e. The maximum Gasteiger partial charge on any atom is 0.123 e. The first-order valence-corrected chi connectivity index (χ1v) is 6.55. The Bertz CT molecular complexity index is 384. The molecule has 0 spiro atoms. The number of hydrogen-bond donors (Lipinski definition) is 1. The molecule has 0 heterocycles. The minimum atomic E-state index is -0.944. The Morgan fingerprint density at radius 3 is 2.50 bits per heavy atom. The monoisotopic (exact) mass is 285 g/mol. The lowest BCUT2D eigenvalue weighted by Crippen LogP contribution is -2.33. The number of nitrogens with two attached hydrogens (primary N) is 1. The van der Waals surface area contributed by atoms with Gasteiger partial charge >= 0.3 is 0 Å². The van der Waals surface area contributed by atoms with Crippen molar-refractivity contribution >= 4 is 15.9 Å². The second kappa shape index (κ2) is 4.46. The molecular formula is C13H17BrFN. The van der Waals surface area contributed by atoms with Gasteiger partial charge in [0.05, 0.1) is 0 Å². The van der Waals surface area contributed by atoms with E-state index in [9.17, 15) is 4.39 Å². The Balaban J connectivity index is 2.34. The van der Waals surface area contributed by atoms with E-state index in [1.165, 1.54) is 12.8 Å². The Labute approximate surface area is 104 Å². The molecule has 1 atom stereocenters. The number of hydrogen-bond acceptors (Lipinski definition) is 1. The van der Waals surface area contributed by atoms with Crippen LogP contribution in [-0.2, 0) is 5.54 Å². The zero-order valence-electron chi connectivity index (χ0n) is 9.47. The molecule has 1 nitrogen and oxygen atoms in total. The molecule has 1 aromatic carbocycles. The second-order valence-corrected chi connectivity index (χ2v) is 5.57. The summed E-state index contributed by atoms with van der Waals surface area (Å²) < 4.78 is 14.1. The van der Waals surface area contributed by atoms with Gasteiger partial charge in [0.25, 0.3) is 0 Å². The Kier molecular flexibility index (Phi) is 3.36. The molecule has 0 amide bonds. The van der Waals surface area contributed by atoms with Crippen molar-refractivity contribution in [2.75, 3.05) is 0 Å². The van der Waals surface area contributed by atoms with Gasteiger partial charge in [-0.3, -0.25) is 0 Å². The molecule has 1 fully saturated rings. The summed E-state index contributed by atoms with van der Waals surface area (Å²) in [6, 6.07) is 5.80. The van der Waals surface area contributed by atoms with E-state index in [1.54, 1.807) is 6.92 Å². The van der Waals surface area contributed by atoms with Crippen molar-refractivity contribution in [1.29, 1.82) is 0 Å². The van der Waals surface area contributed by atoms with Gasteiger partial charge in [-0.25, -0.2) is 4.39 Å². The lowest BCUT2D eigenvalue weighted by molar-refractivity contribution is 0.372. The molecule has 0 aromatic heterocycles. The fourth-order valence-electron chi connectivity index (χ4n) is 2.45. The molecule has 1 aliphatic carbocycles. The average molecular weight is 286 g/mol. The van der Waals surface area contributed by atoms with Gasteiger partial charge in [-0.1, -0.05) is 40.9 Å². The fraction of sp³-hybridized carbons (Fsp3) is 0.538. The molecule has 1 unspecified atom stereocenters. The van der Waals surface area contributed by atoms with Crippen LogP contribution in [0.3, 0.4) is 0 Å². The molecule has 0 bridgehead atoms. The third-order valence-electron chi connectivity index (χ3n) is 3.50. The van der Waals surface area contributed by atoms with Gasteiger partial charge in [-0.15, -0.1) is 0 Å². The molecule has 0 saturated heterocycles. The van der Waals surface area contributed by atoms with Crippen molar-refractivity contribution in [3.05, 3.63) is 33.8 Å². The van der Waals surface area contributed by atoms with Gasteiger partial charge in [-0.2, -0.15) is 0 Å². The smallest absolute Gasteiger partial charge is 0.123 e. The van der Waals surface area contributed by atoms with Crippen LogP contribution in [0.25, 0.3) is 0 Å². The lowest BCUT2D eigenvalue weighted by atomic mass is 9.88. The van der Waals surface area contributed by atoms with Crippen LogP contribution in [0.1, 0.15) is 49.9 Å². The van der Waals surface area contributed by atoms with Gasteiger partial charge in [0.15, 0.2) is 0 Å². The number of rotatable bonds is 2. The SMILES string of the molecule is CC(F)c1ccc(C2(N)CCCC2)cc1Br. The predicted octanol–water partition coefficient (Wildman–Crippen LogP) is 4.21. The van der Waals surface area contributed by atoms with E-state index in [1.807, 2.05) is 18.2 Å². The van der Waals surface area contributed by atoms with Gasteiger partial charge in [-0.05, 0) is 37.0 Å². The maximum absolute atomic E-state index is 13.2. The molecule has 2 N–H and O–H groups in total. The number of halogens is 2. The van der Waals surface area contributed by atoms with Gasteiger partial charge in [0, 0.05) is 10.0 Å². The van der Waals surface area contributed by atoms with E-state index in [4.69, 9.17) is 5.73 Å². The van der Waals surface area contributed by atoms with Crippen LogP contribution in [0.4, 0.5) is 4.39 Å². The summed E-state index contributed by atoms with van der Waals surface area (Å²) >= 11 is 3.42. The Hall–Kier alpha value is -0.410. The first-order chi connectivity index (χ1) is 7.53. The van der Waals surface area contributed by atoms with Crippen LogP contribution in [-0.4, -0.2) is 0 Å². The molecule has 1 saturated carbocycles. The average Bonchev–Trinajstić information content (AvgIpc) is 2.66. The molecule has 0 aliphatic heterocycles. The second-order valence-electron chi connectivity index (χ2n) is 4.72.